The monoisotopic (exact) mass is 309 g/mol. The lowest BCUT2D eigenvalue weighted by atomic mass is 10.3. The van der Waals surface area contributed by atoms with Crippen LogP contribution in [0.1, 0.15) is 6.92 Å². The Balaban J connectivity index is 2.69. The molecule has 1 N–H and O–H groups in total. The molecule has 1 aromatic carbocycles. The molecule has 1 amide bonds. The summed E-state index contributed by atoms with van der Waals surface area (Å²) < 4.78 is 1.08. The molecule has 0 saturated heterocycles. The van der Waals surface area contributed by atoms with Gasteiger partial charge in [0.05, 0.1) is 0 Å². The fraction of sp³-hybridized carbons (Fsp3) is 0.222. The van der Waals surface area contributed by atoms with Crippen LogP contribution in [-0.4, -0.2) is 11.3 Å². The Morgan fingerprint density at radius 3 is 2.85 bits per heavy atom. The molecule has 1 unspecified atom stereocenters. The van der Waals surface area contributed by atoms with E-state index >= 15 is 0 Å². The highest BCUT2D eigenvalue weighted by atomic mass is 127. The van der Waals surface area contributed by atoms with E-state index in [1.807, 2.05) is 24.3 Å². The third kappa shape index (κ3) is 3.52. The van der Waals surface area contributed by atoms with E-state index in [1.54, 1.807) is 6.92 Å². The van der Waals surface area contributed by atoms with E-state index in [2.05, 4.69) is 27.9 Å². The van der Waals surface area contributed by atoms with Gasteiger partial charge in [-0.15, -0.1) is 11.6 Å². The smallest absolute Gasteiger partial charge is 0.242 e. The predicted octanol–water partition coefficient (Wildman–Crippen LogP) is 2.86. The number of hydrogen-bond donors (Lipinski definition) is 1. The Kier molecular flexibility index (Phi) is 3.99. The van der Waals surface area contributed by atoms with Crippen molar-refractivity contribution in [2.75, 3.05) is 5.32 Å². The van der Waals surface area contributed by atoms with Gasteiger partial charge in [0, 0.05) is 9.26 Å². The summed E-state index contributed by atoms with van der Waals surface area (Å²) in [5, 5.41) is 2.20. The second kappa shape index (κ2) is 4.81. The van der Waals surface area contributed by atoms with Crippen LogP contribution in [0.25, 0.3) is 0 Å². The summed E-state index contributed by atoms with van der Waals surface area (Å²) in [6.07, 6.45) is 0. The maximum atomic E-state index is 11.2. The van der Waals surface area contributed by atoms with Crippen LogP contribution in [0.2, 0.25) is 0 Å². The molecule has 0 aliphatic carbocycles. The summed E-state index contributed by atoms with van der Waals surface area (Å²) in [6, 6.07) is 7.56. The number of carbonyl (C=O) groups excluding carboxylic acids is 1. The molecule has 1 atom stereocenters. The number of anilines is 1. The van der Waals surface area contributed by atoms with Crippen molar-refractivity contribution in [1.29, 1.82) is 0 Å². The topological polar surface area (TPSA) is 29.1 Å². The van der Waals surface area contributed by atoms with Crippen molar-refractivity contribution in [3.8, 4) is 0 Å². The second-order valence-corrected chi connectivity index (χ2v) is 4.52. The van der Waals surface area contributed by atoms with E-state index in [-0.39, 0.29) is 5.91 Å². The van der Waals surface area contributed by atoms with E-state index in [0.29, 0.717) is 0 Å². The van der Waals surface area contributed by atoms with Crippen LogP contribution in [0.3, 0.4) is 0 Å². The van der Waals surface area contributed by atoms with E-state index in [9.17, 15) is 4.79 Å². The van der Waals surface area contributed by atoms with Crippen molar-refractivity contribution in [2.45, 2.75) is 12.3 Å². The molecule has 0 radical (unpaired) electrons. The number of halogens is 2. The molecular weight excluding hydrogens is 300 g/mol. The largest absolute Gasteiger partial charge is 0.325 e. The number of amides is 1. The molecular formula is C9H9ClINO. The lowest BCUT2D eigenvalue weighted by Gasteiger charge is -2.06. The summed E-state index contributed by atoms with van der Waals surface area (Å²) in [4.78, 5) is 11.2. The van der Waals surface area contributed by atoms with Crippen LogP contribution in [0.15, 0.2) is 24.3 Å². The summed E-state index contributed by atoms with van der Waals surface area (Å²) in [6.45, 7) is 1.64. The van der Waals surface area contributed by atoms with Crippen LogP contribution in [-0.2, 0) is 4.79 Å². The first kappa shape index (κ1) is 10.8. The highest BCUT2D eigenvalue weighted by Gasteiger charge is 2.08. The van der Waals surface area contributed by atoms with Gasteiger partial charge in [0.25, 0.3) is 0 Å². The zero-order valence-corrected chi connectivity index (χ0v) is 9.96. The molecule has 0 aliphatic heterocycles. The molecule has 1 aromatic rings. The first-order valence-corrected chi connectivity index (χ1v) is 5.31. The van der Waals surface area contributed by atoms with Gasteiger partial charge in [-0.3, -0.25) is 4.79 Å². The molecule has 0 saturated carbocycles. The van der Waals surface area contributed by atoms with Crippen LogP contribution < -0.4 is 5.32 Å². The normalized spacial score (nSPS) is 12.2. The number of rotatable bonds is 2. The molecule has 70 valence electrons. The first-order valence-electron chi connectivity index (χ1n) is 3.80. The predicted molar refractivity (Wildman–Crippen MR) is 63.1 cm³/mol. The number of nitrogens with one attached hydrogen (secondary N) is 1. The molecule has 0 heterocycles. The number of carbonyl (C=O) groups is 1. The van der Waals surface area contributed by atoms with Crippen molar-refractivity contribution >= 4 is 45.8 Å². The Hall–Kier alpha value is -0.290. The molecule has 1 rings (SSSR count). The third-order valence-electron chi connectivity index (χ3n) is 1.45. The number of alkyl halides is 1. The summed E-state index contributed by atoms with van der Waals surface area (Å²) in [5.74, 6) is -0.177. The van der Waals surface area contributed by atoms with Crippen LogP contribution in [0, 0.1) is 3.57 Å². The molecule has 0 fully saturated rings. The van der Waals surface area contributed by atoms with E-state index < -0.39 is 5.38 Å². The van der Waals surface area contributed by atoms with Crippen LogP contribution >= 0.6 is 34.2 Å². The Morgan fingerprint density at radius 2 is 2.31 bits per heavy atom. The SMILES string of the molecule is CC(Cl)C(=O)Nc1cccc(I)c1. The Bertz CT molecular complexity index is 314. The maximum absolute atomic E-state index is 11.2. The van der Waals surface area contributed by atoms with E-state index in [4.69, 9.17) is 11.6 Å². The Morgan fingerprint density at radius 1 is 1.62 bits per heavy atom. The van der Waals surface area contributed by atoms with Gasteiger partial charge in [0.2, 0.25) is 5.91 Å². The van der Waals surface area contributed by atoms with Crippen molar-refractivity contribution in [1.82, 2.24) is 0 Å². The molecule has 13 heavy (non-hydrogen) atoms. The summed E-state index contributed by atoms with van der Waals surface area (Å²) in [7, 11) is 0. The van der Waals surface area contributed by atoms with Gasteiger partial charge < -0.3 is 5.32 Å². The summed E-state index contributed by atoms with van der Waals surface area (Å²) in [5.41, 5.74) is 0.782. The average Bonchev–Trinajstić information content (AvgIpc) is 2.04. The highest BCUT2D eigenvalue weighted by molar-refractivity contribution is 14.1. The van der Waals surface area contributed by atoms with Gasteiger partial charge in [-0.1, -0.05) is 6.07 Å². The second-order valence-electron chi connectivity index (χ2n) is 2.62. The lowest BCUT2D eigenvalue weighted by molar-refractivity contribution is -0.115. The molecule has 0 aliphatic rings. The fourth-order valence-corrected chi connectivity index (χ4v) is 1.41. The van der Waals surface area contributed by atoms with Gasteiger partial charge in [-0.2, -0.15) is 0 Å². The average molecular weight is 310 g/mol. The third-order valence-corrected chi connectivity index (χ3v) is 2.32. The standard InChI is InChI=1S/C9H9ClINO/c1-6(10)9(13)12-8-4-2-3-7(11)5-8/h2-6H,1H3,(H,12,13). The minimum absolute atomic E-state index is 0.177. The van der Waals surface area contributed by atoms with Crippen molar-refractivity contribution < 1.29 is 4.79 Å². The fourth-order valence-electron chi connectivity index (χ4n) is 0.808. The van der Waals surface area contributed by atoms with E-state index in [0.717, 1.165) is 9.26 Å². The minimum atomic E-state index is -0.502. The van der Waals surface area contributed by atoms with Gasteiger partial charge in [0.1, 0.15) is 5.38 Å². The van der Waals surface area contributed by atoms with Crippen LogP contribution in [0.5, 0.6) is 0 Å². The van der Waals surface area contributed by atoms with Crippen LogP contribution in [0.4, 0.5) is 5.69 Å². The molecule has 0 bridgehead atoms. The van der Waals surface area contributed by atoms with Crippen molar-refractivity contribution in [3.05, 3.63) is 27.8 Å². The Labute approximate surface area is 95.8 Å². The quantitative estimate of drug-likeness (QED) is 0.660. The number of hydrogen-bond acceptors (Lipinski definition) is 1. The highest BCUT2D eigenvalue weighted by Crippen LogP contribution is 2.13. The van der Waals surface area contributed by atoms with Gasteiger partial charge in [-0.05, 0) is 47.7 Å². The zero-order chi connectivity index (χ0) is 9.84. The zero-order valence-electron chi connectivity index (χ0n) is 7.05. The van der Waals surface area contributed by atoms with Gasteiger partial charge >= 0.3 is 0 Å². The molecule has 0 aromatic heterocycles. The first-order chi connectivity index (χ1) is 6.09. The molecule has 4 heteroatoms. The summed E-state index contributed by atoms with van der Waals surface area (Å²) >= 11 is 7.79. The number of benzene rings is 1. The van der Waals surface area contributed by atoms with Crippen molar-refractivity contribution in [3.63, 3.8) is 0 Å². The van der Waals surface area contributed by atoms with Crippen molar-refractivity contribution in [2.24, 2.45) is 0 Å². The van der Waals surface area contributed by atoms with Gasteiger partial charge in [0.15, 0.2) is 0 Å². The molecule has 0 spiro atoms. The lowest BCUT2D eigenvalue weighted by Crippen LogP contribution is -2.20. The van der Waals surface area contributed by atoms with Gasteiger partial charge in [-0.25, -0.2) is 0 Å². The molecule has 2 nitrogen and oxygen atoms in total. The maximum Gasteiger partial charge on any atom is 0.242 e. The van der Waals surface area contributed by atoms with E-state index in [1.165, 1.54) is 0 Å². The minimum Gasteiger partial charge on any atom is -0.325 e.